The number of rotatable bonds is 7. The maximum absolute atomic E-state index is 12.5. The van der Waals surface area contributed by atoms with Crippen LogP contribution in [-0.2, 0) is 37.9 Å². The van der Waals surface area contributed by atoms with Gasteiger partial charge in [-0.3, -0.25) is 0 Å². The Kier molecular flexibility index (Phi) is 13.1. The van der Waals surface area contributed by atoms with Crippen LogP contribution >= 0.6 is 0 Å². The Morgan fingerprint density at radius 3 is 2.12 bits per heavy atom. The first-order valence-electron chi connectivity index (χ1n) is 23.2. The molecule has 20 nitrogen and oxygen atoms in total. The molecule has 0 radical (unpaired) electrons. The van der Waals surface area contributed by atoms with E-state index in [4.69, 9.17) is 37.9 Å². The van der Waals surface area contributed by atoms with Crippen molar-refractivity contribution < 1.29 is 99.2 Å². The summed E-state index contributed by atoms with van der Waals surface area (Å²) in [5.74, 6) is -2.53. The number of ether oxygens (including phenoxy) is 8. The minimum absolute atomic E-state index is 0.00188. The molecule has 9 rings (SSSR count). The van der Waals surface area contributed by atoms with Gasteiger partial charge in [0.25, 0.3) is 0 Å². The highest BCUT2D eigenvalue weighted by molar-refractivity contribution is 5.30. The Balaban J connectivity index is 1.03. The third kappa shape index (κ3) is 7.24. The summed E-state index contributed by atoms with van der Waals surface area (Å²) in [6.45, 7) is 8.39. The highest BCUT2D eigenvalue weighted by Gasteiger charge is 2.74. The van der Waals surface area contributed by atoms with Crippen LogP contribution in [0.5, 0.6) is 0 Å². The molecule has 366 valence electrons. The van der Waals surface area contributed by atoms with Crippen molar-refractivity contribution in [3.63, 3.8) is 0 Å². The predicted molar refractivity (Wildman–Crippen MR) is 214 cm³/mol. The van der Waals surface area contributed by atoms with Gasteiger partial charge in [-0.15, -0.1) is 0 Å². The van der Waals surface area contributed by atoms with Crippen molar-refractivity contribution in [2.24, 2.45) is 46.3 Å². The molecule has 20 heteroatoms. The highest BCUT2D eigenvalue weighted by atomic mass is 16.8. The van der Waals surface area contributed by atoms with Crippen molar-refractivity contribution in [3.05, 3.63) is 11.6 Å². The Hall–Kier alpha value is -1.06. The largest absolute Gasteiger partial charge is 0.394 e. The summed E-state index contributed by atoms with van der Waals surface area (Å²) in [6.07, 6.45) is -23.4. The average molecular weight is 919 g/mol. The standard InChI is InChI=1S/C44H70O20/c1-15-13-58-44(38(56)29(15)49)16(2)28-24(64-44)10-21-20-7-6-18-8-19(46)9-27(42(18,4)22(20)11-26(48)43(21,28)5)61-41-37(63-40-35(55)33(53)30(50)17(3)59-40)36(32(52)25(12-45)60-41)62-39-34(54)31(51)23(47)14-57-39/h6,15-17,19-41,45-56H,7-14H2,1-5H3/t15-,16?,17+,19-,20+,21+,22+,23-,24?,25-,26-,27-,28?,29+,30+,31+,32-,33-,34-,35-,36+,37-,38+,39+,40+,41+,42+,43-,44+/m1/s1. The van der Waals surface area contributed by atoms with E-state index in [-0.39, 0.29) is 54.6 Å². The van der Waals surface area contributed by atoms with E-state index < -0.39 is 146 Å². The lowest BCUT2D eigenvalue weighted by Crippen LogP contribution is -2.67. The molecule has 3 unspecified atom stereocenters. The van der Waals surface area contributed by atoms with Crippen molar-refractivity contribution in [2.45, 2.75) is 195 Å². The summed E-state index contributed by atoms with van der Waals surface area (Å²) in [7, 11) is 0. The van der Waals surface area contributed by atoms with Crippen molar-refractivity contribution in [1.82, 2.24) is 0 Å². The van der Waals surface area contributed by atoms with Crippen LogP contribution in [-0.4, -0.2) is 210 Å². The maximum atomic E-state index is 12.5. The molecule has 0 aromatic carbocycles. The van der Waals surface area contributed by atoms with E-state index in [1.54, 1.807) is 0 Å². The van der Waals surface area contributed by atoms with Gasteiger partial charge >= 0.3 is 0 Å². The fourth-order valence-electron chi connectivity index (χ4n) is 13.9. The topological polar surface area (TPSA) is 317 Å². The van der Waals surface area contributed by atoms with Gasteiger partial charge in [-0.1, -0.05) is 39.3 Å². The molecule has 5 saturated heterocycles. The van der Waals surface area contributed by atoms with Crippen molar-refractivity contribution in [3.8, 4) is 0 Å². The zero-order valence-electron chi connectivity index (χ0n) is 36.9. The van der Waals surface area contributed by atoms with Gasteiger partial charge < -0.3 is 99.2 Å². The van der Waals surface area contributed by atoms with Crippen molar-refractivity contribution in [1.29, 1.82) is 0 Å². The first-order valence-corrected chi connectivity index (χ1v) is 23.2. The van der Waals surface area contributed by atoms with Crippen LogP contribution in [0.3, 0.4) is 0 Å². The molecule has 1 spiro atoms. The van der Waals surface area contributed by atoms with E-state index >= 15 is 0 Å². The maximum Gasteiger partial charge on any atom is 0.200 e. The number of aliphatic hydroxyl groups is 12. The number of allylic oxidation sites excluding steroid dienone is 1. The second-order valence-electron chi connectivity index (χ2n) is 21.0. The SMILES string of the molecule is CC1C2C(C[C@H]3[C@@H]4CC=C5C[C@@H](O)C[C@@H](O[C@@H]6O[C@H](CO)[C@@H](O)[C@H](O[C@@H]7OC[C@@H](O)[C@H](O)[C@H]7O)[C@H]6O[C@@H]6O[C@@H](C)[C@H](O)[C@@H](O)[C@H]6O)[C@]5(C)[C@H]4C[C@@H](O)[C@]23C)O[C@@]12OC[C@@H](C)[C@H](O)[C@@H]2O. The predicted octanol–water partition coefficient (Wildman–Crippen LogP) is -3.26. The van der Waals surface area contributed by atoms with Gasteiger partial charge in [0.1, 0.15) is 67.1 Å². The summed E-state index contributed by atoms with van der Waals surface area (Å²) in [5.41, 5.74) is -0.601. The lowest BCUT2D eigenvalue weighted by molar-refractivity contribution is -0.393. The normalized spacial score (nSPS) is 59.7. The number of hydrogen-bond acceptors (Lipinski definition) is 20. The molecule has 0 aromatic heterocycles. The van der Waals surface area contributed by atoms with E-state index in [1.807, 2.05) is 20.8 Å². The van der Waals surface area contributed by atoms with Crippen LogP contribution in [0.25, 0.3) is 0 Å². The molecule has 29 atom stereocenters. The lowest BCUT2D eigenvalue weighted by Gasteiger charge is -2.62. The minimum atomic E-state index is -1.83. The van der Waals surface area contributed by atoms with Crippen molar-refractivity contribution in [2.75, 3.05) is 19.8 Å². The van der Waals surface area contributed by atoms with Crippen LogP contribution < -0.4 is 0 Å². The van der Waals surface area contributed by atoms with E-state index in [0.717, 1.165) is 5.57 Å². The number of hydrogen-bond donors (Lipinski definition) is 12. The van der Waals surface area contributed by atoms with Crippen LogP contribution in [0.4, 0.5) is 0 Å². The van der Waals surface area contributed by atoms with Gasteiger partial charge in [0.15, 0.2) is 24.7 Å². The third-order valence-corrected chi connectivity index (χ3v) is 17.7. The molecule has 5 heterocycles. The molecule has 9 aliphatic rings. The van der Waals surface area contributed by atoms with E-state index in [9.17, 15) is 61.3 Å². The Labute approximate surface area is 371 Å². The van der Waals surface area contributed by atoms with Gasteiger partial charge in [-0.2, -0.15) is 0 Å². The molecule has 4 aliphatic carbocycles. The zero-order valence-corrected chi connectivity index (χ0v) is 36.9. The molecule has 3 saturated carbocycles. The second-order valence-corrected chi connectivity index (χ2v) is 21.0. The summed E-state index contributed by atoms with van der Waals surface area (Å²) < 4.78 is 50.0. The fraction of sp³-hybridized carbons (Fsp3) is 0.955. The van der Waals surface area contributed by atoms with Gasteiger partial charge in [-0.25, -0.2) is 0 Å². The molecule has 8 fully saturated rings. The fourth-order valence-corrected chi connectivity index (χ4v) is 13.9. The monoisotopic (exact) mass is 918 g/mol. The number of aliphatic hydroxyl groups excluding tert-OH is 12. The molecule has 12 N–H and O–H groups in total. The summed E-state index contributed by atoms with van der Waals surface area (Å²) in [5, 5.41) is 132. The van der Waals surface area contributed by atoms with Gasteiger partial charge in [0.2, 0.25) is 0 Å². The summed E-state index contributed by atoms with van der Waals surface area (Å²) >= 11 is 0. The Morgan fingerprint density at radius 1 is 0.703 bits per heavy atom. The van der Waals surface area contributed by atoms with Gasteiger partial charge in [0, 0.05) is 35.0 Å². The first kappa shape index (κ1) is 48.0. The zero-order chi connectivity index (χ0) is 46.1. The summed E-state index contributed by atoms with van der Waals surface area (Å²) in [6, 6.07) is 0. The molecular weight excluding hydrogens is 848 g/mol. The number of fused-ring (bicyclic) bond motifs is 7. The first-order chi connectivity index (χ1) is 30.2. The van der Waals surface area contributed by atoms with Gasteiger partial charge in [0.05, 0.1) is 56.4 Å². The highest BCUT2D eigenvalue weighted by Crippen LogP contribution is 2.71. The van der Waals surface area contributed by atoms with E-state index in [1.165, 1.54) is 6.92 Å². The quantitative estimate of drug-likeness (QED) is 0.112. The molecule has 0 aromatic rings. The Bertz CT molecular complexity index is 1710. The van der Waals surface area contributed by atoms with Crippen LogP contribution in [0.2, 0.25) is 0 Å². The Morgan fingerprint density at radius 2 is 1.41 bits per heavy atom. The van der Waals surface area contributed by atoms with E-state index in [0.29, 0.717) is 25.7 Å². The molecule has 0 bridgehead atoms. The smallest absolute Gasteiger partial charge is 0.200 e. The third-order valence-electron chi connectivity index (χ3n) is 17.7. The second kappa shape index (κ2) is 17.4. The molecule has 5 aliphatic heterocycles. The average Bonchev–Trinajstić information content (AvgIpc) is 3.72. The van der Waals surface area contributed by atoms with Crippen LogP contribution in [0.1, 0.15) is 66.7 Å². The van der Waals surface area contributed by atoms with E-state index in [2.05, 4.69) is 13.0 Å². The van der Waals surface area contributed by atoms with Crippen LogP contribution in [0.15, 0.2) is 11.6 Å². The van der Waals surface area contributed by atoms with Crippen molar-refractivity contribution >= 4 is 0 Å². The minimum Gasteiger partial charge on any atom is -0.394 e. The molecule has 0 amide bonds. The molecule has 64 heavy (non-hydrogen) atoms. The van der Waals surface area contributed by atoms with Gasteiger partial charge in [-0.05, 0) is 50.4 Å². The lowest BCUT2D eigenvalue weighted by atomic mass is 9.45. The summed E-state index contributed by atoms with van der Waals surface area (Å²) in [4.78, 5) is 0. The molecular formula is C44H70O20. The van der Waals surface area contributed by atoms with Crippen LogP contribution in [0, 0.1) is 46.3 Å².